The monoisotopic (exact) mass is 488 g/mol. The van der Waals surface area contributed by atoms with E-state index in [0.29, 0.717) is 18.2 Å². The number of carbonyl (C=O) groups is 1. The molecule has 1 aliphatic rings. The van der Waals surface area contributed by atoms with E-state index in [9.17, 15) is 9.70 Å². The van der Waals surface area contributed by atoms with Crippen molar-refractivity contribution in [3.05, 3.63) is 70.2 Å². The lowest BCUT2D eigenvalue weighted by Crippen LogP contribution is -2.15. The summed E-state index contributed by atoms with van der Waals surface area (Å²) in [5, 5.41) is 5.13. The Morgan fingerprint density at radius 3 is 2.17 bits per heavy atom. The highest BCUT2D eigenvalue weighted by molar-refractivity contribution is 5.76. The van der Waals surface area contributed by atoms with E-state index in [1.54, 1.807) is 13.0 Å². The average molecular weight is 489 g/mol. The van der Waals surface area contributed by atoms with Crippen molar-refractivity contribution in [1.29, 1.82) is 0 Å². The molecule has 3 unspecified atom stereocenters. The van der Waals surface area contributed by atoms with Gasteiger partial charge in [-0.2, -0.15) is 4.91 Å². The zero-order chi connectivity index (χ0) is 27.9. The number of hydrogen-bond acceptors (Lipinski definition) is 6. The average Bonchev–Trinajstić information content (AvgIpc) is 2.88. The zero-order valence-corrected chi connectivity index (χ0v) is 23.1. The van der Waals surface area contributed by atoms with E-state index >= 15 is 0 Å². The molecule has 0 aromatic rings. The molecule has 6 nitrogen and oxygen atoms in total. The van der Waals surface area contributed by atoms with Crippen molar-refractivity contribution in [2.45, 2.75) is 74.1 Å². The molecule has 0 amide bonds. The fourth-order valence-corrected chi connectivity index (χ4v) is 2.65. The first-order valence-electron chi connectivity index (χ1n) is 12.3. The molecule has 1 rings (SSSR count). The minimum atomic E-state index is -0.400. The number of nitroso groups, excluding NO2 is 2. The fourth-order valence-electron chi connectivity index (χ4n) is 2.65. The highest BCUT2D eigenvalue weighted by Crippen LogP contribution is 2.17. The van der Waals surface area contributed by atoms with Gasteiger partial charge in [-0.1, -0.05) is 101 Å². The second-order valence-corrected chi connectivity index (χ2v) is 7.20. The lowest BCUT2D eigenvalue weighted by Gasteiger charge is -2.13. The highest BCUT2D eigenvalue weighted by Gasteiger charge is 2.14. The first kappa shape index (κ1) is 39.2. The van der Waals surface area contributed by atoms with E-state index in [2.05, 4.69) is 61.4 Å². The van der Waals surface area contributed by atoms with Crippen LogP contribution in [0.25, 0.3) is 0 Å². The summed E-state index contributed by atoms with van der Waals surface area (Å²) in [5.41, 5.74) is 0.439. The molecule has 0 radical (unpaired) electrons. The predicted octanol–water partition coefficient (Wildman–Crippen LogP) is 8.57. The summed E-state index contributed by atoms with van der Waals surface area (Å²) in [6.07, 6.45) is 29.8. The van der Waals surface area contributed by atoms with Gasteiger partial charge in [-0.15, -0.1) is 17.8 Å². The minimum absolute atomic E-state index is 0.0319. The number of allylic oxidation sites excluding steroid dienone is 8. The predicted molar refractivity (Wildman–Crippen MR) is 152 cm³/mol. The number of carbonyl (C=O) groups excluding carboxylic acids is 1. The maximum Gasteiger partial charge on any atom is 0.316 e. The van der Waals surface area contributed by atoms with Gasteiger partial charge in [0.1, 0.15) is 0 Å². The van der Waals surface area contributed by atoms with Gasteiger partial charge in [-0.25, -0.2) is 0 Å². The summed E-state index contributed by atoms with van der Waals surface area (Å²) < 4.78 is 5.41. The first-order valence-corrected chi connectivity index (χ1v) is 12.3. The fraction of sp³-hybridized carbons (Fsp3) is 0.552. The quantitative estimate of drug-likeness (QED) is 0.101. The minimum Gasteiger partial charge on any atom is -0.465 e. The lowest BCUT2D eigenvalue weighted by atomic mass is 9.96. The van der Waals surface area contributed by atoms with Gasteiger partial charge in [0.05, 0.1) is 25.3 Å². The third-order valence-electron chi connectivity index (χ3n) is 3.97. The largest absolute Gasteiger partial charge is 0.465 e. The van der Waals surface area contributed by atoms with E-state index in [1.807, 2.05) is 52.0 Å². The lowest BCUT2D eigenvalue weighted by molar-refractivity contribution is -0.145. The van der Waals surface area contributed by atoms with Gasteiger partial charge in [-0.3, -0.25) is 4.79 Å². The van der Waals surface area contributed by atoms with Crippen LogP contribution in [0, 0.1) is 40.4 Å². The summed E-state index contributed by atoms with van der Waals surface area (Å²) in [6, 6.07) is 0. The molecule has 0 aromatic heterocycles. The van der Waals surface area contributed by atoms with Crippen LogP contribution in [0.2, 0.25) is 0 Å². The third-order valence-corrected chi connectivity index (χ3v) is 3.97. The van der Waals surface area contributed by atoms with Crippen molar-refractivity contribution >= 4 is 5.97 Å². The van der Waals surface area contributed by atoms with E-state index in [0.717, 1.165) is 19.3 Å². The standard InChI is InChI=1S/C21H29NO3.C3H8.C2H6.C2H2.CH3NO/c1-4-9-20(14-13-17(2)16-18(3)22-24)21(23)25-15-8-12-19-10-6-5-7-11-19;1-3-2;2*1-2;1-2-3/h4-7,9-10,13-14,16-17,19-20H,8,11-12,15H2,1-3H3;3H2,1-2H3;1-2H3;1-2H;1H3/b9-4-,14-13-,18-16+;;;;. The molecule has 198 valence electrons. The Balaban J connectivity index is -0.000000416. The van der Waals surface area contributed by atoms with E-state index < -0.39 is 5.92 Å². The van der Waals surface area contributed by atoms with Gasteiger partial charge in [0, 0.05) is 0 Å². The molecule has 0 heterocycles. The molecule has 3 atom stereocenters. The van der Waals surface area contributed by atoms with Gasteiger partial charge in [-0.05, 0) is 50.1 Å². The van der Waals surface area contributed by atoms with Gasteiger partial charge in [0.15, 0.2) is 0 Å². The molecule has 0 fully saturated rings. The van der Waals surface area contributed by atoms with Crippen molar-refractivity contribution in [2.24, 2.45) is 28.1 Å². The van der Waals surface area contributed by atoms with Crippen LogP contribution in [-0.4, -0.2) is 19.6 Å². The maximum atomic E-state index is 12.2. The van der Waals surface area contributed by atoms with Gasteiger partial charge in [0.2, 0.25) is 0 Å². The van der Waals surface area contributed by atoms with Gasteiger partial charge in [0.25, 0.3) is 0 Å². The molecular formula is C29H48N2O4. The number of esters is 1. The summed E-state index contributed by atoms with van der Waals surface area (Å²) >= 11 is 0. The molecule has 0 bridgehead atoms. The molecular weight excluding hydrogens is 440 g/mol. The Bertz CT molecular complexity index is 673. The van der Waals surface area contributed by atoms with E-state index in [4.69, 9.17) is 9.64 Å². The van der Waals surface area contributed by atoms with Crippen LogP contribution in [-0.2, 0) is 9.53 Å². The molecule has 0 spiro atoms. The smallest absolute Gasteiger partial charge is 0.316 e. The van der Waals surface area contributed by atoms with Crippen LogP contribution in [0.4, 0.5) is 0 Å². The Hall–Kier alpha value is -3.07. The van der Waals surface area contributed by atoms with Crippen LogP contribution < -0.4 is 0 Å². The van der Waals surface area contributed by atoms with E-state index in [1.165, 1.54) is 13.5 Å². The van der Waals surface area contributed by atoms with Crippen molar-refractivity contribution in [3.63, 3.8) is 0 Å². The second-order valence-electron chi connectivity index (χ2n) is 7.20. The molecule has 0 N–H and O–H groups in total. The molecule has 0 saturated carbocycles. The summed E-state index contributed by atoms with van der Waals surface area (Å²) in [6.45, 7) is 14.2. The van der Waals surface area contributed by atoms with Gasteiger partial charge < -0.3 is 4.74 Å². The summed E-state index contributed by atoms with van der Waals surface area (Å²) in [4.78, 5) is 31.2. The van der Waals surface area contributed by atoms with Crippen molar-refractivity contribution in [2.75, 3.05) is 13.7 Å². The highest BCUT2D eigenvalue weighted by atomic mass is 16.5. The molecule has 35 heavy (non-hydrogen) atoms. The van der Waals surface area contributed by atoms with Crippen molar-refractivity contribution in [3.8, 4) is 12.8 Å². The molecule has 0 aromatic carbocycles. The molecule has 6 heteroatoms. The molecule has 1 aliphatic carbocycles. The Kier molecular flexibility index (Phi) is 37.0. The number of terminal acetylenes is 1. The third kappa shape index (κ3) is 28.9. The zero-order valence-electron chi connectivity index (χ0n) is 23.1. The maximum absolute atomic E-state index is 12.2. The second kappa shape index (κ2) is 33.1. The van der Waals surface area contributed by atoms with Crippen LogP contribution >= 0.6 is 0 Å². The van der Waals surface area contributed by atoms with Crippen molar-refractivity contribution < 1.29 is 9.53 Å². The Labute approximate surface area is 214 Å². The normalized spacial score (nSPS) is 15.5. The molecule has 0 aliphatic heterocycles. The summed E-state index contributed by atoms with van der Waals surface area (Å²) in [7, 11) is 1.19. The van der Waals surface area contributed by atoms with Crippen LogP contribution in [0.15, 0.2) is 70.7 Å². The van der Waals surface area contributed by atoms with Crippen molar-refractivity contribution in [1.82, 2.24) is 0 Å². The summed E-state index contributed by atoms with van der Waals surface area (Å²) in [5.74, 6) is -0.0562. The number of ether oxygens (including phenoxy) is 1. The SMILES string of the molecule is C#C.C/C=C\C(/C=C\C(C)/C=C(\C)N=O)C(=O)OCCCC1C=CC=CC1.CC.CCC.CN=O. The number of hydrogen-bond donors (Lipinski definition) is 0. The number of rotatable bonds is 10. The van der Waals surface area contributed by atoms with Crippen LogP contribution in [0.3, 0.4) is 0 Å². The van der Waals surface area contributed by atoms with Crippen LogP contribution in [0.5, 0.6) is 0 Å². The first-order chi connectivity index (χ1) is 16.9. The Morgan fingerprint density at radius 2 is 1.71 bits per heavy atom. The number of nitrogens with zero attached hydrogens (tertiary/aromatic N) is 2. The van der Waals surface area contributed by atoms with E-state index in [-0.39, 0.29) is 11.9 Å². The molecule has 0 saturated heterocycles. The van der Waals surface area contributed by atoms with Gasteiger partial charge >= 0.3 is 5.97 Å². The topological polar surface area (TPSA) is 85.2 Å². The Morgan fingerprint density at radius 1 is 1.14 bits per heavy atom. The van der Waals surface area contributed by atoms with Crippen LogP contribution in [0.1, 0.15) is 74.1 Å².